The van der Waals surface area contributed by atoms with Crippen molar-refractivity contribution in [3.05, 3.63) is 58.6 Å². The Morgan fingerprint density at radius 2 is 2.17 bits per heavy atom. The van der Waals surface area contributed by atoms with E-state index in [1.807, 2.05) is 25.1 Å². The summed E-state index contributed by atoms with van der Waals surface area (Å²) in [7, 11) is 0. The predicted molar refractivity (Wildman–Crippen MR) is 94.9 cm³/mol. The quantitative estimate of drug-likeness (QED) is 0.493. The number of benzene rings is 2. The van der Waals surface area contributed by atoms with E-state index in [4.69, 9.17) is 20.8 Å². The first-order valence-corrected chi connectivity index (χ1v) is 7.97. The van der Waals surface area contributed by atoms with Crippen LogP contribution in [-0.4, -0.2) is 17.6 Å². The summed E-state index contributed by atoms with van der Waals surface area (Å²) in [6, 6.07) is 11.1. The van der Waals surface area contributed by atoms with Crippen LogP contribution in [0.2, 0.25) is 5.02 Å². The Morgan fingerprint density at radius 3 is 2.96 bits per heavy atom. The molecule has 122 valence electrons. The lowest BCUT2D eigenvalue weighted by atomic mass is 10.0. The number of fused-ring (bicyclic) bond motifs is 1. The zero-order valence-corrected chi connectivity index (χ0v) is 14.1. The molecule has 4 nitrogen and oxygen atoms in total. The van der Waals surface area contributed by atoms with Crippen molar-refractivity contribution in [2.75, 3.05) is 6.61 Å². The normalized spacial score (nSPS) is 11.3. The van der Waals surface area contributed by atoms with Crippen LogP contribution in [0.4, 0.5) is 0 Å². The van der Waals surface area contributed by atoms with Crippen LogP contribution in [0, 0.1) is 6.92 Å². The summed E-state index contributed by atoms with van der Waals surface area (Å²) in [5.41, 5.74) is 4.03. The Kier molecular flexibility index (Phi) is 4.67. The molecular weight excluding hydrogens is 326 g/mol. The van der Waals surface area contributed by atoms with E-state index < -0.39 is 0 Å². The average Bonchev–Trinajstić information content (AvgIpc) is 2.95. The fourth-order valence-electron chi connectivity index (χ4n) is 2.48. The first-order valence-electron chi connectivity index (χ1n) is 7.59. The standard InChI is InChI=1S/C19H16ClNO3/c1-3-23-17(22)10-7-13-6-4-5-12(2)18(13)19-21-15-11-14(20)8-9-16(15)24-19/h4-11H,3H2,1-2H3/b10-7+. The fraction of sp³-hybridized carbons (Fsp3) is 0.158. The maximum atomic E-state index is 11.6. The Balaban J connectivity index is 2.07. The van der Waals surface area contributed by atoms with Crippen molar-refractivity contribution in [1.82, 2.24) is 4.98 Å². The fourth-order valence-corrected chi connectivity index (χ4v) is 2.64. The minimum Gasteiger partial charge on any atom is -0.463 e. The van der Waals surface area contributed by atoms with Gasteiger partial charge in [0.2, 0.25) is 5.89 Å². The van der Waals surface area contributed by atoms with Gasteiger partial charge in [0.15, 0.2) is 5.58 Å². The summed E-state index contributed by atoms with van der Waals surface area (Å²) < 4.78 is 10.8. The second-order valence-corrected chi connectivity index (χ2v) is 5.69. The van der Waals surface area contributed by atoms with Crippen LogP contribution < -0.4 is 0 Å². The van der Waals surface area contributed by atoms with Crippen molar-refractivity contribution in [1.29, 1.82) is 0 Å². The summed E-state index contributed by atoms with van der Waals surface area (Å²) in [5, 5.41) is 0.606. The maximum Gasteiger partial charge on any atom is 0.330 e. The van der Waals surface area contributed by atoms with E-state index >= 15 is 0 Å². The molecule has 24 heavy (non-hydrogen) atoms. The number of aryl methyl sites for hydroxylation is 1. The van der Waals surface area contributed by atoms with Gasteiger partial charge in [0, 0.05) is 16.7 Å². The molecule has 0 fully saturated rings. The molecule has 0 spiro atoms. The van der Waals surface area contributed by atoms with Gasteiger partial charge in [-0.3, -0.25) is 0 Å². The van der Waals surface area contributed by atoms with E-state index in [0.717, 1.165) is 16.7 Å². The molecule has 0 N–H and O–H groups in total. The van der Waals surface area contributed by atoms with E-state index in [2.05, 4.69) is 4.98 Å². The monoisotopic (exact) mass is 341 g/mol. The largest absolute Gasteiger partial charge is 0.463 e. The maximum absolute atomic E-state index is 11.6. The topological polar surface area (TPSA) is 52.3 Å². The second-order valence-electron chi connectivity index (χ2n) is 5.26. The van der Waals surface area contributed by atoms with Gasteiger partial charge in [-0.2, -0.15) is 0 Å². The summed E-state index contributed by atoms with van der Waals surface area (Å²) in [6.45, 7) is 4.09. The molecule has 0 amide bonds. The number of rotatable bonds is 4. The number of hydrogen-bond acceptors (Lipinski definition) is 4. The molecule has 0 aliphatic heterocycles. The molecule has 5 heteroatoms. The molecule has 0 unspecified atom stereocenters. The minimum atomic E-state index is -0.380. The molecule has 2 aromatic carbocycles. The molecule has 0 aliphatic carbocycles. The Morgan fingerprint density at radius 1 is 1.33 bits per heavy atom. The first-order chi connectivity index (χ1) is 11.6. The van der Waals surface area contributed by atoms with Crippen molar-refractivity contribution < 1.29 is 13.9 Å². The molecular formula is C19H16ClNO3. The van der Waals surface area contributed by atoms with Gasteiger partial charge in [-0.25, -0.2) is 9.78 Å². The van der Waals surface area contributed by atoms with Gasteiger partial charge in [-0.15, -0.1) is 0 Å². The van der Waals surface area contributed by atoms with Crippen LogP contribution in [0.3, 0.4) is 0 Å². The molecule has 1 heterocycles. The first kappa shape index (κ1) is 16.3. The van der Waals surface area contributed by atoms with Gasteiger partial charge >= 0.3 is 5.97 Å². The average molecular weight is 342 g/mol. The highest BCUT2D eigenvalue weighted by molar-refractivity contribution is 6.31. The van der Waals surface area contributed by atoms with Crippen molar-refractivity contribution in [3.8, 4) is 11.5 Å². The minimum absolute atomic E-state index is 0.343. The number of halogens is 1. The lowest BCUT2D eigenvalue weighted by Gasteiger charge is -2.06. The third kappa shape index (κ3) is 3.34. The highest BCUT2D eigenvalue weighted by atomic mass is 35.5. The van der Waals surface area contributed by atoms with Gasteiger partial charge in [0.05, 0.1) is 6.61 Å². The van der Waals surface area contributed by atoms with Crippen LogP contribution in [0.15, 0.2) is 46.9 Å². The van der Waals surface area contributed by atoms with Crippen molar-refractivity contribution in [2.45, 2.75) is 13.8 Å². The van der Waals surface area contributed by atoms with Gasteiger partial charge in [-0.05, 0) is 49.2 Å². The molecule has 0 saturated carbocycles. The van der Waals surface area contributed by atoms with Gasteiger partial charge < -0.3 is 9.15 Å². The highest BCUT2D eigenvalue weighted by Crippen LogP contribution is 2.31. The van der Waals surface area contributed by atoms with Crippen molar-refractivity contribution in [3.63, 3.8) is 0 Å². The second kappa shape index (κ2) is 6.89. The SMILES string of the molecule is CCOC(=O)/C=C/c1cccc(C)c1-c1nc2cc(Cl)ccc2o1. The molecule has 3 aromatic rings. The smallest absolute Gasteiger partial charge is 0.330 e. The van der Waals surface area contributed by atoms with Crippen LogP contribution in [0.1, 0.15) is 18.1 Å². The summed E-state index contributed by atoms with van der Waals surface area (Å²) >= 11 is 6.01. The lowest BCUT2D eigenvalue weighted by Crippen LogP contribution is -1.99. The van der Waals surface area contributed by atoms with E-state index in [1.165, 1.54) is 6.08 Å². The molecule has 0 saturated heterocycles. The summed E-state index contributed by atoms with van der Waals surface area (Å²) in [5.74, 6) is 0.114. The lowest BCUT2D eigenvalue weighted by molar-refractivity contribution is -0.137. The number of carbonyl (C=O) groups is 1. The molecule has 0 atom stereocenters. The number of esters is 1. The molecule has 3 rings (SSSR count). The van der Waals surface area contributed by atoms with E-state index in [1.54, 1.807) is 31.2 Å². The molecule has 0 radical (unpaired) electrons. The summed E-state index contributed by atoms with van der Waals surface area (Å²) in [4.78, 5) is 16.1. The Labute approximate surface area is 144 Å². The zero-order valence-electron chi connectivity index (χ0n) is 13.4. The van der Waals surface area contributed by atoms with E-state index in [-0.39, 0.29) is 5.97 Å². The molecule has 0 aliphatic rings. The zero-order chi connectivity index (χ0) is 17.1. The number of hydrogen-bond donors (Lipinski definition) is 0. The van der Waals surface area contributed by atoms with Crippen molar-refractivity contribution in [2.24, 2.45) is 0 Å². The summed E-state index contributed by atoms with van der Waals surface area (Å²) in [6.07, 6.45) is 3.11. The molecule has 1 aromatic heterocycles. The highest BCUT2D eigenvalue weighted by Gasteiger charge is 2.14. The number of nitrogens with zero attached hydrogens (tertiary/aromatic N) is 1. The number of ether oxygens (including phenoxy) is 1. The van der Waals surface area contributed by atoms with Crippen LogP contribution in [0.5, 0.6) is 0 Å². The Bertz CT molecular complexity index is 928. The third-order valence-corrected chi connectivity index (χ3v) is 3.79. The predicted octanol–water partition coefficient (Wildman–Crippen LogP) is 5.03. The number of oxazole rings is 1. The number of carbonyl (C=O) groups excluding carboxylic acids is 1. The van der Waals surface area contributed by atoms with E-state index in [0.29, 0.717) is 28.6 Å². The van der Waals surface area contributed by atoms with Crippen LogP contribution in [-0.2, 0) is 9.53 Å². The van der Waals surface area contributed by atoms with Gasteiger partial charge in [0.25, 0.3) is 0 Å². The van der Waals surface area contributed by atoms with E-state index in [9.17, 15) is 4.79 Å². The van der Waals surface area contributed by atoms with Crippen LogP contribution in [0.25, 0.3) is 28.6 Å². The Hall–Kier alpha value is -2.59. The van der Waals surface area contributed by atoms with Crippen molar-refractivity contribution >= 4 is 34.7 Å². The van der Waals surface area contributed by atoms with Crippen LogP contribution >= 0.6 is 11.6 Å². The number of aromatic nitrogens is 1. The van der Waals surface area contributed by atoms with Gasteiger partial charge in [-0.1, -0.05) is 29.8 Å². The third-order valence-electron chi connectivity index (χ3n) is 3.55. The molecule has 0 bridgehead atoms. The van der Waals surface area contributed by atoms with Gasteiger partial charge in [0.1, 0.15) is 5.52 Å².